The number of ether oxygens (including phenoxy) is 2. The lowest BCUT2D eigenvalue weighted by Gasteiger charge is -2.07. The average Bonchev–Trinajstić information content (AvgIpc) is 3.19. The van der Waals surface area contributed by atoms with E-state index in [4.69, 9.17) is 21.1 Å². The SMILES string of the molecule is CCOC(=O)c1c(C(=O)OCC)c2cc(-c3ccc(C)cc3)ncn2c1C(=O)c1ccc(Cl)cc1. The van der Waals surface area contributed by atoms with Crippen LogP contribution in [0.3, 0.4) is 0 Å². The van der Waals surface area contributed by atoms with Crippen molar-refractivity contribution < 1.29 is 23.9 Å². The second-order valence-electron chi connectivity index (χ2n) is 7.77. The monoisotopic (exact) mass is 490 g/mol. The molecule has 0 aliphatic heterocycles. The fourth-order valence-corrected chi connectivity index (χ4v) is 3.94. The number of aryl methyl sites for hydroxylation is 1. The van der Waals surface area contributed by atoms with Crippen LogP contribution in [0.5, 0.6) is 0 Å². The van der Waals surface area contributed by atoms with Crippen LogP contribution in [0.15, 0.2) is 60.9 Å². The van der Waals surface area contributed by atoms with Gasteiger partial charge in [0.2, 0.25) is 5.78 Å². The van der Waals surface area contributed by atoms with E-state index in [9.17, 15) is 14.4 Å². The summed E-state index contributed by atoms with van der Waals surface area (Å²) in [5, 5.41) is 0.462. The van der Waals surface area contributed by atoms with Gasteiger partial charge in [-0.05, 0) is 51.1 Å². The van der Waals surface area contributed by atoms with Crippen LogP contribution in [0.25, 0.3) is 16.8 Å². The van der Waals surface area contributed by atoms with Gasteiger partial charge in [0.15, 0.2) is 0 Å². The lowest BCUT2D eigenvalue weighted by molar-refractivity contribution is 0.0480. The Hall–Kier alpha value is -3.97. The third kappa shape index (κ3) is 4.68. The molecule has 0 amide bonds. The van der Waals surface area contributed by atoms with Crippen molar-refractivity contribution in [1.29, 1.82) is 0 Å². The van der Waals surface area contributed by atoms with E-state index in [1.54, 1.807) is 44.2 Å². The van der Waals surface area contributed by atoms with Gasteiger partial charge in [-0.1, -0.05) is 41.4 Å². The number of nitrogens with zero attached hydrogens (tertiary/aromatic N) is 2. The standard InChI is InChI=1S/C27H23ClN2O5/c1-4-34-26(32)22-21-14-20(17-8-6-16(3)7-9-17)29-15-30(21)24(23(22)27(33)35-5-2)25(31)18-10-12-19(28)13-11-18/h6-15H,4-5H2,1-3H3. The Morgan fingerprint density at radius 2 is 1.49 bits per heavy atom. The Balaban J connectivity index is 2.03. The van der Waals surface area contributed by atoms with E-state index in [-0.39, 0.29) is 35.6 Å². The summed E-state index contributed by atoms with van der Waals surface area (Å²) in [5.41, 5.74) is 2.84. The number of hydrogen-bond donors (Lipinski definition) is 0. The highest BCUT2D eigenvalue weighted by Crippen LogP contribution is 2.30. The zero-order valence-corrected chi connectivity index (χ0v) is 20.3. The molecule has 0 radical (unpaired) electrons. The Morgan fingerprint density at radius 3 is 2.09 bits per heavy atom. The molecule has 4 rings (SSSR count). The molecule has 0 atom stereocenters. The summed E-state index contributed by atoms with van der Waals surface area (Å²) in [6.45, 7) is 5.45. The van der Waals surface area contributed by atoms with Crippen LogP contribution in [-0.2, 0) is 9.47 Å². The molecule has 35 heavy (non-hydrogen) atoms. The van der Waals surface area contributed by atoms with Crippen LogP contribution in [0.2, 0.25) is 5.02 Å². The lowest BCUT2D eigenvalue weighted by Crippen LogP contribution is -2.16. The topological polar surface area (TPSA) is 87.0 Å². The van der Waals surface area contributed by atoms with E-state index in [0.29, 0.717) is 16.2 Å². The van der Waals surface area contributed by atoms with E-state index in [1.807, 2.05) is 31.2 Å². The number of fused-ring (bicyclic) bond motifs is 1. The molecule has 2 aromatic carbocycles. The zero-order chi connectivity index (χ0) is 25.1. The van der Waals surface area contributed by atoms with Gasteiger partial charge in [-0.25, -0.2) is 14.6 Å². The van der Waals surface area contributed by atoms with Gasteiger partial charge in [0.1, 0.15) is 23.1 Å². The second kappa shape index (κ2) is 10.1. The fourth-order valence-electron chi connectivity index (χ4n) is 3.81. The van der Waals surface area contributed by atoms with Gasteiger partial charge < -0.3 is 9.47 Å². The second-order valence-corrected chi connectivity index (χ2v) is 8.21. The van der Waals surface area contributed by atoms with E-state index in [1.165, 1.54) is 10.7 Å². The maximum absolute atomic E-state index is 13.6. The molecule has 0 unspecified atom stereocenters. The van der Waals surface area contributed by atoms with Crippen LogP contribution in [0.4, 0.5) is 0 Å². The molecule has 4 aromatic rings. The molecule has 0 N–H and O–H groups in total. The van der Waals surface area contributed by atoms with Gasteiger partial charge in [0, 0.05) is 16.1 Å². The number of rotatable bonds is 7. The van der Waals surface area contributed by atoms with Crippen LogP contribution in [0, 0.1) is 6.92 Å². The number of esters is 2. The molecule has 2 aromatic heterocycles. The summed E-state index contributed by atoms with van der Waals surface area (Å²) in [4.78, 5) is 44.4. The van der Waals surface area contributed by atoms with E-state index in [0.717, 1.165) is 11.1 Å². The molecule has 178 valence electrons. The molecule has 0 bridgehead atoms. The summed E-state index contributed by atoms with van der Waals surface area (Å²) in [6.07, 6.45) is 1.43. The Kier molecular flexibility index (Phi) is 6.98. The number of halogens is 1. The Bertz CT molecular complexity index is 1420. The Morgan fingerprint density at radius 1 is 0.886 bits per heavy atom. The highest BCUT2D eigenvalue weighted by molar-refractivity contribution is 6.30. The average molecular weight is 491 g/mol. The molecule has 8 heteroatoms. The predicted octanol–water partition coefficient (Wildman–Crippen LogP) is 5.55. The maximum Gasteiger partial charge on any atom is 0.341 e. The van der Waals surface area contributed by atoms with Crippen molar-refractivity contribution in [2.45, 2.75) is 20.8 Å². The molecular formula is C27H23ClN2O5. The van der Waals surface area contributed by atoms with Crippen LogP contribution < -0.4 is 0 Å². The largest absolute Gasteiger partial charge is 0.462 e. The number of ketones is 1. The summed E-state index contributed by atoms with van der Waals surface area (Å²) in [6, 6.07) is 15.6. The van der Waals surface area contributed by atoms with Crippen molar-refractivity contribution in [3.05, 3.63) is 93.9 Å². The number of carbonyl (C=O) groups excluding carboxylic acids is 3. The van der Waals surface area contributed by atoms with Crippen molar-refractivity contribution in [2.24, 2.45) is 0 Å². The first-order chi connectivity index (χ1) is 16.8. The minimum atomic E-state index is -0.798. The number of aromatic nitrogens is 2. The third-order valence-corrected chi connectivity index (χ3v) is 5.71. The normalized spacial score (nSPS) is 10.9. The van der Waals surface area contributed by atoms with Crippen molar-refractivity contribution >= 4 is 34.8 Å². The quantitative estimate of drug-likeness (QED) is 0.249. The molecule has 0 spiro atoms. The van der Waals surface area contributed by atoms with Crippen molar-refractivity contribution in [1.82, 2.24) is 9.38 Å². The molecule has 0 fully saturated rings. The van der Waals surface area contributed by atoms with Gasteiger partial charge in [-0.3, -0.25) is 9.20 Å². The van der Waals surface area contributed by atoms with Crippen molar-refractivity contribution in [3.8, 4) is 11.3 Å². The summed E-state index contributed by atoms with van der Waals surface area (Å²) >= 11 is 5.98. The minimum Gasteiger partial charge on any atom is -0.462 e. The van der Waals surface area contributed by atoms with Crippen LogP contribution >= 0.6 is 11.6 Å². The minimum absolute atomic E-state index is 0.0354. The van der Waals surface area contributed by atoms with Gasteiger partial charge in [-0.15, -0.1) is 0 Å². The lowest BCUT2D eigenvalue weighted by atomic mass is 10.0. The van der Waals surface area contributed by atoms with Gasteiger partial charge in [0.25, 0.3) is 0 Å². The highest BCUT2D eigenvalue weighted by Gasteiger charge is 2.34. The fraction of sp³-hybridized carbons (Fsp3) is 0.185. The molecule has 2 heterocycles. The maximum atomic E-state index is 13.6. The number of benzene rings is 2. The molecule has 7 nitrogen and oxygen atoms in total. The van der Waals surface area contributed by atoms with E-state index in [2.05, 4.69) is 4.98 Å². The summed E-state index contributed by atoms with van der Waals surface area (Å²) in [7, 11) is 0. The predicted molar refractivity (Wildman–Crippen MR) is 132 cm³/mol. The summed E-state index contributed by atoms with van der Waals surface area (Å²) in [5.74, 6) is -2.02. The highest BCUT2D eigenvalue weighted by atomic mass is 35.5. The van der Waals surface area contributed by atoms with Gasteiger partial charge >= 0.3 is 11.9 Å². The number of hydrogen-bond acceptors (Lipinski definition) is 6. The van der Waals surface area contributed by atoms with Crippen molar-refractivity contribution in [3.63, 3.8) is 0 Å². The molecule has 0 aliphatic rings. The first-order valence-electron chi connectivity index (χ1n) is 11.1. The third-order valence-electron chi connectivity index (χ3n) is 5.46. The molecule has 0 saturated carbocycles. The van der Waals surface area contributed by atoms with Crippen molar-refractivity contribution in [2.75, 3.05) is 13.2 Å². The summed E-state index contributed by atoms with van der Waals surface area (Å²) < 4.78 is 12.0. The van der Waals surface area contributed by atoms with Gasteiger partial charge in [-0.2, -0.15) is 0 Å². The first kappa shape index (κ1) is 24.2. The van der Waals surface area contributed by atoms with E-state index < -0.39 is 17.7 Å². The molecule has 0 saturated heterocycles. The van der Waals surface area contributed by atoms with Crippen LogP contribution in [0.1, 0.15) is 56.2 Å². The number of carbonyl (C=O) groups is 3. The smallest absolute Gasteiger partial charge is 0.341 e. The molecular weight excluding hydrogens is 468 g/mol. The zero-order valence-electron chi connectivity index (χ0n) is 19.5. The van der Waals surface area contributed by atoms with E-state index >= 15 is 0 Å². The first-order valence-corrected chi connectivity index (χ1v) is 11.5. The van der Waals surface area contributed by atoms with Crippen LogP contribution in [-0.4, -0.2) is 40.3 Å². The Labute approximate surface area is 207 Å². The molecule has 0 aliphatic carbocycles. The van der Waals surface area contributed by atoms with Gasteiger partial charge in [0.05, 0.1) is 24.4 Å².